The molecule has 0 bridgehead atoms. The van der Waals surface area contributed by atoms with Gasteiger partial charge in [-0.3, -0.25) is 14.5 Å². The standard InChI is InChI=1S/C16H21N3O3S/c1-18(9-12-5-8-23-11-12)13(20)10-19-14(21)16(17-15(19)22)6-3-2-4-7-16/h5,8,11H,2-4,6-7,9-10H2,1H3,(H,17,22). The summed E-state index contributed by atoms with van der Waals surface area (Å²) in [5.74, 6) is -0.466. The topological polar surface area (TPSA) is 69.7 Å². The van der Waals surface area contributed by atoms with Crippen LogP contribution in [0.5, 0.6) is 0 Å². The molecule has 4 amide bonds. The van der Waals surface area contributed by atoms with Gasteiger partial charge in [0.1, 0.15) is 12.1 Å². The van der Waals surface area contributed by atoms with Crippen molar-refractivity contribution < 1.29 is 14.4 Å². The first kappa shape index (κ1) is 16.0. The highest BCUT2D eigenvalue weighted by molar-refractivity contribution is 7.07. The van der Waals surface area contributed by atoms with Crippen molar-refractivity contribution in [2.45, 2.75) is 44.2 Å². The first-order chi connectivity index (χ1) is 11.0. The zero-order valence-corrected chi connectivity index (χ0v) is 14.0. The molecule has 1 aliphatic heterocycles. The van der Waals surface area contributed by atoms with Crippen LogP contribution >= 0.6 is 11.3 Å². The van der Waals surface area contributed by atoms with E-state index in [1.165, 1.54) is 0 Å². The number of hydrogen-bond acceptors (Lipinski definition) is 4. The van der Waals surface area contributed by atoms with Crippen LogP contribution in [0.4, 0.5) is 4.79 Å². The van der Waals surface area contributed by atoms with Crippen LogP contribution in [0.2, 0.25) is 0 Å². The average Bonchev–Trinajstić information content (AvgIpc) is 3.11. The molecule has 1 aromatic heterocycles. The van der Waals surface area contributed by atoms with Crippen LogP contribution in [0.1, 0.15) is 37.7 Å². The number of nitrogens with one attached hydrogen (secondary N) is 1. The molecule has 1 saturated heterocycles. The van der Waals surface area contributed by atoms with Crippen LogP contribution in [-0.4, -0.2) is 46.8 Å². The van der Waals surface area contributed by atoms with Crippen molar-refractivity contribution in [2.24, 2.45) is 0 Å². The van der Waals surface area contributed by atoms with Crippen LogP contribution in [0.3, 0.4) is 0 Å². The number of imide groups is 1. The lowest BCUT2D eigenvalue weighted by Gasteiger charge is -2.30. The fourth-order valence-corrected chi connectivity index (χ4v) is 3.97. The minimum Gasteiger partial charge on any atom is -0.340 e. The summed E-state index contributed by atoms with van der Waals surface area (Å²) in [5.41, 5.74) is 0.286. The molecule has 23 heavy (non-hydrogen) atoms. The Morgan fingerprint density at radius 3 is 2.74 bits per heavy atom. The van der Waals surface area contributed by atoms with Gasteiger partial charge in [-0.2, -0.15) is 11.3 Å². The third-order valence-electron chi connectivity index (χ3n) is 4.67. The number of rotatable bonds is 4. The van der Waals surface area contributed by atoms with E-state index in [9.17, 15) is 14.4 Å². The molecular weight excluding hydrogens is 314 g/mol. The van der Waals surface area contributed by atoms with Gasteiger partial charge in [-0.1, -0.05) is 19.3 Å². The third-order valence-corrected chi connectivity index (χ3v) is 5.40. The van der Waals surface area contributed by atoms with Gasteiger partial charge in [0.05, 0.1) is 0 Å². The molecule has 0 radical (unpaired) electrons. The Balaban J connectivity index is 1.63. The molecule has 1 aliphatic carbocycles. The molecule has 0 atom stereocenters. The predicted molar refractivity (Wildman–Crippen MR) is 86.9 cm³/mol. The van der Waals surface area contributed by atoms with Gasteiger partial charge in [-0.25, -0.2) is 4.79 Å². The van der Waals surface area contributed by atoms with E-state index in [4.69, 9.17) is 0 Å². The number of hydrogen-bond donors (Lipinski definition) is 1. The Morgan fingerprint density at radius 2 is 2.09 bits per heavy atom. The Kier molecular flexibility index (Phi) is 4.39. The summed E-state index contributed by atoms with van der Waals surface area (Å²) >= 11 is 1.57. The summed E-state index contributed by atoms with van der Waals surface area (Å²) in [5, 5.41) is 6.76. The van der Waals surface area contributed by atoms with E-state index in [0.717, 1.165) is 29.7 Å². The first-order valence-electron chi connectivity index (χ1n) is 7.91. The molecule has 1 aromatic rings. The summed E-state index contributed by atoms with van der Waals surface area (Å²) in [7, 11) is 1.69. The smallest absolute Gasteiger partial charge is 0.325 e. The molecule has 2 heterocycles. The molecule has 3 rings (SSSR count). The zero-order chi connectivity index (χ0) is 16.4. The molecule has 1 saturated carbocycles. The molecule has 1 N–H and O–H groups in total. The molecule has 2 aliphatic rings. The molecule has 2 fully saturated rings. The van der Waals surface area contributed by atoms with Gasteiger partial charge in [0, 0.05) is 13.6 Å². The monoisotopic (exact) mass is 335 g/mol. The molecule has 0 unspecified atom stereocenters. The highest BCUT2D eigenvalue weighted by Crippen LogP contribution is 2.33. The number of thiophene rings is 1. The van der Waals surface area contributed by atoms with Crippen molar-refractivity contribution in [1.29, 1.82) is 0 Å². The molecule has 0 aromatic carbocycles. The third kappa shape index (κ3) is 3.10. The van der Waals surface area contributed by atoms with Gasteiger partial charge in [-0.15, -0.1) is 0 Å². The fourth-order valence-electron chi connectivity index (χ4n) is 3.31. The lowest BCUT2D eigenvalue weighted by atomic mass is 9.82. The molecule has 1 spiro atoms. The first-order valence-corrected chi connectivity index (χ1v) is 8.85. The van der Waals surface area contributed by atoms with Gasteiger partial charge < -0.3 is 10.2 Å². The van der Waals surface area contributed by atoms with Crippen molar-refractivity contribution in [3.05, 3.63) is 22.4 Å². The van der Waals surface area contributed by atoms with E-state index in [-0.39, 0.29) is 18.4 Å². The van der Waals surface area contributed by atoms with Crippen molar-refractivity contribution in [2.75, 3.05) is 13.6 Å². The number of likely N-dealkylation sites (N-methyl/N-ethyl adjacent to an activating group) is 1. The van der Waals surface area contributed by atoms with E-state index in [1.807, 2.05) is 16.8 Å². The molecule has 7 heteroatoms. The predicted octanol–water partition coefficient (Wildman–Crippen LogP) is 1.96. The largest absolute Gasteiger partial charge is 0.340 e. The second-order valence-corrected chi connectivity index (χ2v) is 7.13. The van der Waals surface area contributed by atoms with E-state index in [2.05, 4.69) is 5.32 Å². The summed E-state index contributed by atoms with van der Waals surface area (Å²) in [6, 6.07) is 1.52. The van der Waals surface area contributed by atoms with E-state index in [0.29, 0.717) is 19.4 Å². The van der Waals surface area contributed by atoms with Crippen molar-refractivity contribution in [3.8, 4) is 0 Å². The minimum absolute atomic E-state index is 0.187. The summed E-state index contributed by atoms with van der Waals surface area (Å²) < 4.78 is 0. The summed E-state index contributed by atoms with van der Waals surface area (Å²) in [4.78, 5) is 39.8. The maximum absolute atomic E-state index is 12.6. The number of urea groups is 1. The average molecular weight is 335 g/mol. The Morgan fingerprint density at radius 1 is 1.35 bits per heavy atom. The van der Waals surface area contributed by atoms with Gasteiger partial charge in [0.25, 0.3) is 5.91 Å². The normalized spacial score (nSPS) is 20.0. The van der Waals surface area contributed by atoms with Gasteiger partial charge in [0.2, 0.25) is 5.91 Å². The maximum Gasteiger partial charge on any atom is 0.325 e. The molecular formula is C16H21N3O3S. The van der Waals surface area contributed by atoms with Crippen LogP contribution in [0.25, 0.3) is 0 Å². The number of nitrogens with zero attached hydrogens (tertiary/aromatic N) is 2. The van der Waals surface area contributed by atoms with E-state index < -0.39 is 11.6 Å². The lowest BCUT2D eigenvalue weighted by molar-refractivity contribution is -0.139. The van der Waals surface area contributed by atoms with Gasteiger partial charge in [-0.05, 0) is 35.2 Å². The zero-order valence-electron chi connectivity index (χ0n) is 13.2. The summed E-state index contributed by atoms with van der Waals surface area (Å²) in [6.45, 7) is 0.296. The van der Waals surface area contributed by atoms with Crippen molar-refractivity contribution >= 4 is 29.2 Å². The fraction of sp³-hybridized carbons (Fsp3) is 0.562. The SMILES string of the molecule is CN(Cc1ccsc1)C(=O)CN1C(=O)NC2(CCCCC2)C1=O. The van der Waals surface area contributed by atoms with Crippen LogP contribution in [0, 0.1) is 0 Å². The lowest BCUT2D eigenvalue weighted by Crippen LogP contribution is -2.49. The van der Waals surface area contributed by atoms with Gasteiger partial charge >= 0.3 is 6.03 Å². The molecule has 6 nitrogen and oxygen atoms in total. The number of carbonyl (C=O) groups excluding carboxylic acids is 3. The maximum atomic E-state index is 12.6. The Labute approximate surface area is 139 Å². The number of amides is 4. The quantitative estimate of drug-likeness (QED) is 0.855. The van der Waals surface area contributed by atoms with Crippen LogP contribution in [0.15, 0.2) is 16.8 Å². The second kappa shape index (κ2) is 6.31. The van der Waals surface area contributed by atoms with Crippen LogP contribution in [-0.2, 0) is 16.1 Å². The number of carbonyl (C=O) groups is 3. The Hall–Kier alpha value is -1.89. The Bertz CT molecular complexity index is 608. The van der Waals surface area contributed by atoms with Crippen LogP contribution < -0.4 is 5.32 Å². The van der Waals surface area contributed by atoms with Crippen molar-refractivity contribution in [3.63, 3.8) is 0 Å². The van der Waals surface area contributed by atoms with Gasteiger partial charge in [0.15, 0.2) is 0 Å². The molecule has 124 valence electrons. The second-order valence-electron chi connectivity index (χ2n) is 6.35. The van der Waals surface area contributed by atoms with E-state index >= 15 is 0 Å². The van der Waals surface area contributed by atoms with Crippen molar-refractivity contribution in [1.82, 2.24) is 15.1 Å². The highest BCUT2D eigenvalue weighted by Gasteiger charge is 2.51. The minimum atomic E-state index is -0.762. The van der Waals surface area contributed by atoms with E-state index in [1.54, 1.807) is 23.3 Å². The summed E-state index contributed by atoms with van der Waals surface area (Å²) in [6.07, 6.45) is 4.31. The highest BCUT2D eigenvalue weighted by atomic mass is 32.1.